The molecule has 2 amide bonds. The van der Waals surface area contributed by atoms with Crippen molar-refractivity contribution in [1.82, 2.24) is 15.2 Å². The summed E-state index contributed by atoms with van der Waals surface area (Å²) in [7, 11) is 0. The second kappa shape index (κ2) is 9.94. The Morgan fingerprint density at radius 1 is 1.16 bits per heavy atom. The van der Waals surface area contributed by atoms with Gasteiger partial charge in [-0.15, -0.1) is 0 Å². The topological polar surface area (TPSA) is 129 Å². The summed E-state index contributed by atoms with van der Waals surface area (Å²) in [5, 5.41) is 21.4. The van der Waals surface area contributed by atoms with Crippen LogP contribution in [-0.2, 0) is 27.5 Å². The van der Waals surface area contributed by atoms with E-state index in [1.807, 2.05) is 12.1 Å². The van der Waals surface area contributed by atoms with E-state index in [9.17, 15) is 19.5 Å². The molecule has 1 aromatic heterocycles. The van der Waals surface area contributed by atoms with Gasteiger partial charge in [0, 0.05) is 36.8 Å². The number of benzene rings is 1. The average Bonchev–Trinajstić information content (AvgIpc) is 2.75. The van der Waals surface area contributed by atoms with Gasteiger partial charge in [-0.2, -0.15) is 0 Å². The Hall–Kier alpha value is -3.59. The smallest absolute Gasteiger partial charge is 0.322 e. The van der Waals surface area contributed by atoms with Crippen LogP contribution in [0.4, 0.5) is 0 Å². The second-order valence-electron chi connectivity index (χ2n) is 6.79. The van der Waals surface area contributed by atoms with Crippen molar-refractivity contribution >= 4 is 29.4 Å². The lowest BCUT2D eigenvalue weighted by molar-refractivity contribution is -0.138. The van der Waals surface area contributed by atoms with E-state index in [0.29, 0.717) is 23.1 Å². The predicted octanol–water partition coefficient (Wildman–Crippen LogP) is 2.06. The van der Waals surface area contributed by atoms with Gasteiger partial charge in [-0.05, 0) is 23.3 Å². The molecule has 0 spiro atoms. The molecule has 1 aliphatic heterocycles. The Kier molecular flexibility index (Phi) is 7.09. The lowest BCUT2D eigenvalue weighted by Crippen LogP contribution is -2.43. The summed E-state index contributed by atoms with van der Waals surface area (Å²) in [6.45, 7) is 0.0682. The number of aromatic nitrogens is 1. The molecule has 162 valence electrons. The van der Waals surface area contributed by atoms with Gasteiger partial charge < -0.3 is 25.2 Å². The quantitative estimate of drug-likeness (QED) is 0.530. The monoisotopic (exact) mass is 445 g/mol. The molecular weight excluding hydrogens is 426 g/mol. The van der Waals surface area contributed by atoms with Crippen molar-refractivity contribution in [3.05, 3.63) is 70.1 Å². The molecule has 31 heavy (non-hydrogen) atoms. The molecule has 1 aliphatic rings. The molecule has 0 bridgehead atoms. The summed E-state index contributed by atoms with van der Waals surface area (Å²) >= 11 is 5.86. The molecule has 2 heterocycles. The average molecular weight is 446 g/mol. The number of carboxylic acids is 1. The predicted molar refractivity (Wildman–Crippen MR) is 110 cm³/mol. The van der Waals surface area contributed by atoms with Crippen LogP contribution >= 0.6 is 11.6 Å². The summed E-state index contributed by atoms with van der Waals surface area (Å²) in [6, 6.07) is 10.7. The van der Waals surface area contributed by atoms with Crippen molar-refractivity contribution in [2.45, 2.75) is 19.6 Å². The third-order valence-electron chi connectivity index (χ3n) is 4.51. The normalized spacial score (nSPS) is 13.8. The first-order valence-corrected chi connectivity index (χ1v) is 9.75. The number of nitrogens with one attached hydrogen (secondary N) is 1. The van der Waals surface area contributed by atoms with Gasteiger partial charge in [-0.3, -0.25) is 14.4 Å². The van der Waals surface area contributed by atoms with Gasteiger partial charge in [0.2, 0.25) is 5.88 Å². The van der Waals surface area contributed by atoms with E-state index in [1.165, 1.54) is 4.90 Å². The fourth-order valence-electron chi connectivity index (χ4n) is 2.92. The van der Waals surface area contributed by atoms with Crippen LogP contribution in [0.25, 0.3) is 0 Å². The van der Waals surface area contributed by atoms with Crippen LogP contribution in [0.1, 0.15) is 17.5 Å². The molecule has 0 unspecified atom stereocenters. The van der Waals surface area contributed by atoms with Gasteiger partial charge in [0.15, 0.2) is 0 Å². The first-order chi connectivity index (χ1) is 14.8. The highest BCUT2D eigenvalue weighted by atomic mass is 35.5. The summed E-state index contributed by atoms with van der Waals surface area (Å²) in [4.78, 5) is 40.9. The number of aliphatic hydroxyl groups is 1. The summed E-state index contributed by atoms with van der Waals surface area (Å²) < 4.78 is 5.63. The second-order valence-corrected chi connectivity index (χ2v) is 7.23. The molecule has 1 aromatic carbocycles. The number of hydrogen-bond acceptors (Lipinski definition) is 6. The molecule has 9 nitrogen and oxygen atoms in total. The molecule has 10 heteroatoms. The maximum absolute atomic E-state index is 12.6. The lowest BCUT2D eigenvalue weighted by Gasteiger charge is -2.28. The van der Waals surface area contributed by atoms with Crippen molar-refractivity contribution in [1.29, 1.82) is 0 Å². The van der Waals surface area contributed by atoms with E-state index in [1.54, 1.807) is 30.5 Å². The highest BCUT2D eigenvalue weighted by Gasteiger charge is 2.32. The minimum Gasteiger partial charge on any atom is -0.511 e. The number of nitrogens with zero attached hydrogens (tertiary/aromatic N) is 2. The Morgan fingerprint density at radius 2 is 1.87 bits per heavy atom. The first kappa shape index (κ1) is 22.1. The Bertz CT molecular complexity index is 1000. The van der Waals surface area contributed by atoms with Crippen LogP contribution in [0, 0.1) is 0 Å². The molecule has 0 saturated heterocycles. The van der Waals surface area contributed by atoms with Gasteiger partial charge in [-0.1, -0.05) is 29.8 Å². The summed E-state index contributed by atoms with van der Waals surface area (Å²) in [6.07, 6.45) is 1.66. The number of hydrogen-bond donors (Lipinski definition) is 3. The molecule has 0 aliphatic carbocycles. The number of carbonyl (C=O) groups is 3. The van der Waals surface area contributed by atoms with E-state index in [4.69, 9.17) is 21.4 Å². The molecule has 3 N–H and O–H groups in total. The number of carboxylic acid groups (broad SMARTS) is 1. The van der Waals surface area contributed by atoms with Gasteiger partial charge in [0.25, 0.3) is 11.8 Å². The number of aliphatic hydroxyl groups excluding tert-OH is 1. The number of halogens is 1. The third kappa shape index (κ3) is 5.95. The first-order valence-electron chi connectivity index (χ1n) is 9.37. The molecular formula is C21H20ClN3O6. The Morgan fingerprint density at radius 3 is 2.52 bits per heavy atom. The molecule has 0 fully saturated rings. The van der Waals surface area contributed by atoms with Gasteiger partial charge in [0.1, 0.15) is 24.5 Å². The largest absolute Gasteiger partial charge is 0.511 e. The SMILES string of the molecule is O=C(O)CNC(=O)C1=C(O)CCN(Cc2ccc(OCc3ccc(Cl)cc3)nc2)C1=O. The molecule has 3 rings (SSSR count). The number of carbonyl (C=O) groups excluding carboxylic acids is 2. The minimum absolute atomic E-state index is 0.0945. The van der Waals surface area contributed by atoms with E-state index < -0.39 is 29.9 Å². The van der Waals surface area contributed by atoms with Crippen LogP contribution in [0.15, 0.2) is 53.9 Å². The number of pyridine rings is 1. The number of rotatable bonds is 8. The van der Waals surface area contributed by atoms with Crippen molar-refractivity contribution in [2.24, 2.45) is 0 Å². The van der Waals surface area contributed by atoms with Crippen molar-refractivity contribution in [3.8, 4) is 5.88 Å². The fraction of sp³-hybridized carbons (Fsp3) is 0.238. The minimum atomic E-state index is -1.25. The maximum atomic E-state index is 12.6. The number of aliphatic carboxylic acids is 1. The van der Waals surface area contributed by atoms with Crippen molar-refractivity contribution in [3.63, 3.8) is 0 Å². The van der Waals surface area contributed by atoms with Crippen LogP contribution in [0.5, 0.6) is 5.88 Å². The lowest BCUT2D eigenvalue weighted by atomic mass is 10.1. The summed E-state index contributed by atoms with van der Waals surface area (Å²) in [5.41, 5.74) is 1.21. The zero-order chi connectivity index (χ0) is 22.4. The van der Waals surface area contributed by atoms with E-state index in [0.717, 1.165) is 5.56 Å². The van der Waals surface area contributed by atoms with Crippen molar-refractivity contribution < 1.29 is 29.3 Å². The number of amides is 2. The van der Waals surface area contributed by atoms with Crippen molar-refractivity contribution in [2.75, 3.05) is 13.1 Å². The Labute approximate surface area is 182 Å². The maximum Gasteiger partial charge on any atom is 0.322 e. The zero-order valence-electron chi connectivity index (χ0n) is 16.4. The van der Waals surface area contributed by atoms with Crippen LogP contribution in [-0.4, -0.2) is 51.0 Å². The standard InChI is InChI=1S/C21H20ClN3O6/c22-15-4-1-13(2-5-15)12-31-17-6-3-14(9-23-17)11-25-8-7-16(26)19(21(25)30)20(29)24-10-18(27)28/h1-6,9,26H,7-8,10-12H2,(H,24,29)(H,27,28). The fourth-order valence-corrected chi connectivity index (χ4v) is 3.05. The van der Waals surface area contributed by atoms with Crippen LogP contribution < -0.4 is 10.1 Å². The summed E-state index contributed by atoms with van der Waals surface area (Å²) in [5.74, 6) is -2.78. The Balaban J connectivity index is 1.59. The van der Waals surface area contributed by atoms with Crippen LogP contribution in [0.2, 0.25) is 5.02 Å². The van der Waals surface area contributed by atoms with Gasteiger partial charge in [0.05, 0.1) is 0 Å². The van der Waals surface area contributed by atoms with Gasteiger partial charge in [-0.25, -0.2) is 4.98 Å². The molecule has 0 atom stereocenters. The third-order valence-corrected chi connectivity index (χ3v) is 4.76. The van der Waals surface area contributed by atoms with E-state index in [-0.39, 0.29) is 25.3 Å². The van der Waals surface area contributed by atoms with Gasteiger partial charge >= 0.3 is 5.97 Å². The van der Waals surface area contributed by atoms with E-state index in [2.05, 4.69) is 10.3 Å². The molecule has 2 aromatic rings. The highest BCUT2D eigenvalue weighted by molar-refractivity contribution is 6.30. The highest BCUT2D eigenvalue weighted by Crippen LogP contribution is 2.20. The zero-order valence-corrected chi connectivity index (χ0v) is 17.1. The van der Waals surface area contributed by atoms with Crippen LogP contribution in [0.3, 0.4) is 0 Å². The number of ether oxygens (including phenoxy) is 1. The molecule has 0 radical (unpaired) electrons. The molecule has 0 saturated carbocycles. The van der Waals surface area contributed by atoms with E-state index >= 15 is 0 Å².